The van der Waals surface area contributed by atoms with Crippen molar-refractivity contribution < 1.29 is 13.6 Å². The van der Waals surface area contributed by atoms with Crippen molar-refractivity contribution in [1.29, 1.82) is 0 Å². The second-order valence-corrected chi connectivity index (χ2v) is 15.8. The summed E-state index contributed by atoms with van der Waals surface area (Å²) in [5.74, 6) is 0. The highest BCUT2D eigenvalue weighted by Crippen LogP contribution is 2.55. The van der Waals surface area contributed by atoms with Crippen LogP contribution in [-0.2, 0) is 13.6 Å². The maximum atomic E-state index is 6.13. The average Bonchev–Trinajstić information content (AvgIpc) is 2.74. The first-order chi connectivity index (χ1) is 15.1. The molecule has 0 bridgehead atoms. The highest BCUT2D eigenvalue weighted by molar-refractivity contribution is 8.41. The quantitative estimate of drug-likeness (QED) is 0.0884. The van der Waals surface area contributed by atoms with Gasteiger partial charge in [-0.25, -0.2) is 0 Å². The summed E-state index contributed by atoms with van der Waals surface area (Å²) in [6.45, 7) is 4.53. The van der Waals surface area contributed by atoms with E-state index in [1.54, 1.807) is 0 Å². The van der Waals surface area contributed by atoms with Crippen molar-refractivity contribution in [3.05, 3.63) is 0 Å². The lowest BCUT2D eigenvalue weighted by molar-refractivity contribution is 0.0652. The highest BCUT2D eigenvalue weighted by atomic mass is 32.4. The van der Waals surface area contributed by atoms with Crippen LogP contribution in [0, 0.1) is 0 Å². The topological polar surface area (TPSA) is 27.7 Å². The molecule has 9 heteroatoms. The van der Waals surface area contributed by atoms with Crippen molar-refractivity contribution in [3.63, 3.8) is 0 Å². The number of hydrogen-bond acceptors (Lipinski definition) is 3. The van der Waals surface area contributed by atoms with Gasteiger partial charge in [-0.3, -0.25) is 0 Å². The summed E-state index contributed by atoms with van der Waals surface area (Å²) in [6.07, 6.45) is 22.5. The van der Waals surface area contributed by atoms with E-state index in [0.717, 1.165) is 12.8 Å². The Morgan fingerprint density at radius 2 is 1.13 bits per heavy atom. The minimum Gasteiger partial charge on any atom is -0.360 e. The van der Waals surface area contributed by atoms with Gasteiger partial charge in [0.15, 0.2) is 0 Å². The molecule has 0 aliphatic carbocycles. The standard InChI is InChI=1S/C22H52O3P6/c1-3-5-7-14-18-21(23-26)22(24-30-27)19-15-11-9-8-10-13-17-20(25-31(28)29)16-12-6-4-2/h20-22,30H,3-19,26-29H2,1-2H3. The van der Waals surface area contributed by atoms with Gasteiger partial charge in [0, 0.05) is 18.0 Å². The molecule has 0 aliphatic heterocycles. The van der Waals surface area contributed by atoms with Gasteiger partial charge in [-0.15, -0.1) is 0 Å². The van der Waals surface area contributed by atoms with Crippen LogP contribution < -0.4 is 0 Å². The Morgan fingerprint density at radius 1 is 0.677 bits per heavy atom. The Bertz CT molecular complexity index is 366. The van der Waals surface area contributed by atoms with Gasteiger partial charge in [0.1, 0.15) is 0 Å². The molecule has 0 N–H and O–H groups in total. The Labute approximate surface area is 206 Å². The fraction of sp³-hybridized carbons (Fsp3) is 1.00. The zero-order chi connectivity index (χ0) is 23.2. The second-order valence-electron chi connectivity index (χ2n) is 8.58. The fourth-order valence-electron chi connectivity index (χ4n) is 3.99. The summed E-state index contributed by atoms with van der Waals surface area (Å²) in [5.41, 5.74) is 0. The molecule has 0 heterocycles. The van der Waals surface area contributed by atoms with Crippen molar-refractivity contribution in [2.24, 2.45) is 0 Å². The second kappa shape index (κ2) is 25.5. The molecule has 188 valence electrons. The maximum Gasteiger partial charge on any atom is 0.0883 e. The van der Waals surface area contributed by atoms with E-state index in [4.69, 9.17) is 13.6 Å². The molecular weight excluding hydrogens is 498 g/mol. The van der Waals surface area contributed by atoms with E-state index < -0.39 is 7.53 Å². The van der Waals surface area contributed by atoms with Gasteiger partial charge >= 0.3 is 0 Å². The molecule has 0 aromatic rings. The molecular formula is C22H52O3P6. The van der Waals surface area contributed by atoms with E-state index in [0.29, 0.717) is 14.6 Å². The van der Waals surface area contributed by atoms with E-state index >= 15 is 0 Å². The number of unbranched alkanes of at least 4 members (excludes halogenated alkanes) is 10. The first-order valence-corrected chi connectivity index (χ1v) is 20.2. The van der Waals surface area contributed by atoms with Gasteiger partial charge in [0.2, 0.25) is 0 Å². The smallest absolute Gasteiger partial charge is 0.0883 e. The van der Waals surface area contributed by atoms with Gasteiger partial charge in [-0.05, 0) is 25.7 Å². The molecule has 0 aromatic carbocycles. The van der Waals surface area contributed by atoms with Crippen molar-refractivity contribution >= 4 is 52.3 Å². The van der Waals surface area contributed by atoms with Gasteiger partial charge in [-0.1, -0.05) is 124 Å². The van der Waals surface area contributed by atoms with Crippen LogP contribution in [0.15, 0.2) is 0 Å². The van der Waals surface area contributed by atoms with E-state index in [1.807, 2.05) is 0 Å². The summed E-state index contributed by atoms with van der Waals surface area (Å²) in [4.78, 5) is 0. The molecule has 0 aliphatic rings. The zero-order valence-electron chi connectivity index (χ0n) is 20.2. The van der Waals surface area contributed by atoms with E-state index in [2.05, 4.69) is 50.1 Å². The highest BCUT2D eigenvalue weighted by Gasteiger charge is 2.21. The van der Waals surface area contributed by atoms with E-state index in [1.165, 1.54) is 96.3 Å². The molecule has 0 saturated carbocycles. The minimum atomic E-state index is -0.407. The lowest BCUT2D eigenvalue weighted by Crippen LogP contribution is -2.27. The lowest BCUT2D eigenvalue weighted by atomic mass is 9.99. The average molecular weight is 550 g/mol. The third-order valence-corrected chi connectivity index (χ3v) is 8.28. The van der Waals surface area contributed by atoms with Crippen LogP contribution in [0.5, 0.6) is 0 Å². The van der Waals surface area contributed by atoms with Gasteiger partial charge in [0.25, 0.3) is 0 Å². The largest absolute Gasteiger partial charge is 0.360 e. The molecule has 0 amide bonds. The van der Waals surface area contributed by atoms with Gasteiger partial charge in [0.05, 0.1) is 25.8 Å². The van der Waals surface area contributed by atoms with Crippen molar-refractivity contribution in [1.82, 2.24) is 0 Å². The molecule has 0 saturated heterocycles. The van der Waals surface area contributed by atoms with Crippen LogP contribution in [0.2, 0.25) is 0 Å². The Hall–Kier alpha value is 2.46. The van der Waals surface area contributed by atoms with Crippen molar-refractivity contribution in [2.75, 3.05) is 0 Å². The predicted octanol–water partition coefficient (Wildman–Crippen LogP) is 9.96. The normalized spacial score (nSPS) is 15.2. The third-order valence-electron chi connectivity index (χ3n) is 5.82. The summed E-state index contributed by atoms with van der Waals surface area (Å²) in [5, 5.41) is 0. The van der Waals surface area contributed by atoms with E-state index in [-0.39, 0.29) is 12.2 Å². The van der Waals surface area contributed by atoms with Crippen LogP contribution in [0.4, 0.5) is 0 Å². The molecule has 0 aromatic heterocycles. The monoisotopic (exact) mass is 550 g/mol. The number of rotatable bonds is 24. The summed E-state index contributed by atoms with van der Waals surface area (Å²) >= 11 is 0. The van der Waals surface area contributed by atoms with Crippen LogP contribution in [-0.4, -0.2) is 18.3 Å². The maximum absolute atomic E-state index is 6.13. The summed E-state index contributed by atoms with van der Waals surface area (Å²) in [7, 11) is 10.9. The van der Waals surface area contributed by atoms with E-state index in [9.17, 15) is 0 Å². The van der Waals surface area contributed by atoms with Crippen LogP contribution >= 0.6 is 52.3 Å². The Kier molecular flexibility index (Phi) is 27.6. The molecule has 0 rings (SSSR count). The summed E-state index contributed by atoms with van der Waals surface area (Å²) < 4.78 is 17.9. The minimum absolute atomic E-state index is 0.221. The number of hydrogen-bond donors (Lipinski definition) is 0. The van der Waals surface area contributed by atoms with Crippen molar-refractivity contribution in [3.8, 4) is 0 Å². The third kappa shape index (κ3) is 21.5. The molecule has 0 spiro atoms. The van der Waals surface area contributed by atoms with Crippen molar-refractivity contribution in [2.45, 2.75) is 141 Å². The summed E-state index contributed by atoms with van der Waals surface area (Å²) in [6, 6.07) is 0. The fourth-order valence-corrected chi connectivity index (χ4v) is 6.86. The molecule has 8 atom stereocenters. The Morgan fingerprint density at radius 3 is 1.65 bits per heavy atom. The predicted molar refractivity (Wildman–Crippen MR) is 159 cm³/mol. The Balaban J connectivity index is 3.96. The first-order valence-electron chi connectivity index (χ1n) is 12.5. The molecule has 0 radical (unpaired) electrons. The molecule has 31 heavy (non-hydrogen) atoms. The van der Waals surface area contributed by atoms with Crippen LogP contribution in [0.25, 0.3) is 0 Å². The van der Waals surface area contributed by atoms with Crippen LogP contribution in [0.3, 0.4) is 0 Å². The SMILES string of the molecule is CCCCCCC(OP)C(CCCCCCCCC(CCCCC)OP(P)P)OPP. The first kappa shape index (κ1) is 33.5. The van der Waals surface area contributed by atoms with Gasteiger partial charge < -0.3 is 13.6 Å². The molecule has 0 fully saturated rings. The molecule has 3 nitrogen and oxygen atoms in total. The zero-order valence-corrected chi connectivity index (χ0v) is 26.7. The lowest BCUT2D eigenvalue weighted by Gasteiger charge is -2.25. The van der Waals surface area contributed by atoms with Gasteiger partial charge in [-0.2, -0.15) is 0 Å². The van der Waals surface area contributed by atoms with Crippen LogP contribution in [0.1, 0.15) is 123 Å². The molecule has 8 unspecified atom stereocenters.